The smallest absolute Gasteiger partial charge is 0.269 e. The molecular formula is C9H13N3O4S. The average molecular weight is 259 g/mol. The summed E-state index contributed by atoms with van der Waals surface area (Å²) in [7, 11) is -3.51. The molecule has 1 aromatic carbocycles. The van der Waals surface area contributed by atoms with Gasteiger partial charge in [0.15, 0.2) is 0 Å². The largest absolute Gasteiger partial charge is 0.544 e. The fourth-order valence-corrected chi connectivity index (χ4v) is 2.29. The highest BCUT2D eigenvalue weighted by molar-refractivity contribution is 7.93. The Bertz CT molecular complexity index is 483. The molecule has 0 atom stereocenters. The monoisotopic (exact) mass is 259 g/mol. The van der Waals surface area contributed by atoms with Crippen molar-refractivity contribution in [2.24, 2.45) is 0 Å². The van der Waals surface area contributed by atoms with E-state index in [0.29, 0.717) is 12.1 Å². The van der Waals surface area contributed by atoms with Gasteiger partial charge in [-0.3, -0.25) is 10.1 Å². The van der Waals surface area contributed by atoms with Crippen LogP contribution in [0.3, 0.4) is 0 Å². The van der Waals surface area contributed by atoms with Gasteiger partial charge in [0.2, 0.25) is 0 Å². The topological polar surface area (TPSA) is 119 Å². The van der Waals surface area contributed by atoms with Crippen molar-refractivity contribution in [2.75, 3.05) is 13.1 Å². The van der Waals surface area contributed by atoms with Gasteiger partial charge in [-0.2, -0.15) is 0 Å². The minimum Gasteiger partial charge on any atom is -0.544 e. The van der Waals surface area contributed by atoms with Gasteiger partial charge in [-0.15, -0.1) is 0 Å². The van der Waals surface area contributed by atoms with Crippen LogP contribution in [0.15, 0.2) is 24.3 Å². The lowest BCUT2D eigenvalue weighted by molar-refractivity contribution is -0.384. The maximum absolute atomic E-state index is 11.4. The molecule has 0 spiro atoms. The van der Waals surface area contributed by atoms with Gasteiger partial charge >= 0.3 is 0 Å². The van der Waals surface area contributed by atoms with Crippen LogP contribution in [-0.4, -0.2) is 26.4 Å². The Morgan fingerprint density at radius 2 is 1.88 bits per heavy atom. The molecule has 0 radical (unpaired) electrons. The number of non-ortho nitro benzene ring substituents is 1. The molecule has 0 saturated carbocycles. The van der Waals surface area contributed by atoms with Crippen LogP contribution in [0.1, 0.15) is 5.56 Å². The zero-order valence-corrected chi connectivity index (χ0v) is 9.89. The number of benzene rings is 1. The molecule has 0 saturated heterocycles. The molecule has 0 amide bonds. The van der Waals surface area contributed by atoms with E-state index in [9.17, 15) is 18.5 Å². The summed E-state index contributed by atoms with van der Waals surface area (Å²) in [6.07, 6.45) is 0. The molecule has 0 bridgehead atoms. The fraction of sp³-hybridized carbons (Fsp3) is 0.333. The second-order valence-corrected chi connectivity index (χ2v) is 5.07. The summed E-state index contributed by atoms with van der Waals surface area (Å²) in [5.74, 6) is -0.245. The highest BCUT2D eigenvalue weighted by atomic mass is 32.2. The summed E-state index contributed by atoms with van der Waals surface area (Å²) >= 11 is 0. The fourth-order valence-electron chi connectivity index (χ4n) is 1.17. The van der Waals surface area contributed by atoms with Gasteiger partial charge in [0.05, 0.1) is 27.2 Å². The van der Waals surface area contributed by atoms with E-state index < -0.39 is 14.9 Å². The first-order valence-corrected chi connectivity index (χ1v) is 6.49. The Morgan fingerprint density at radius 1 is 1.29 bits per heavy atom. The van der Waals surface area contributed by atoms with E-state index in [-0.39, 0.29) is 18.0 Å². The van der Waals surface area contributed by atoms with E-state index in [4.69, 9.17) is 0 Å². The SMILES string of the molecule is [NH3+]CC[N-]S(=O)(=O)Cc1ccc([N+](=O)[O-])cc1. The molecule has 94 valence electrons. The number of sulfonamides is 1. The molecule has 3 N–H and O–H groups in total. The summed E-state index contributed by atoms with van der Waals surface area (Å²) in [4.78, 5) is 9.86. The molecule has 8 heteroatoms. The number of hydrogen-bond donors (Lipinski definition) is 1. The molecule has 0 aliphatic rings. The van der Waals surface area contributed by atoms with E-state index >= 15 is 0 Å². The molecule has 0 aromatic heterocycles. The third-order valence-electron chi connectivity index (χ3n) is 1.94. The van der Waals surface area contributed by atoms with Crippen LogP contribution in [0.2, 0.25) is 0 Å². The Hall–Kier alpha value is -1.51. The summed E-state index contributed by atoms with van der Waals surface area (Å²) in [6, 6.07) is 5.36. The van der Waals surface area contributed by atoms with Gasteiger partial charge in [-0.25, -0.2) is 8.42 Å². The molecule has 1 rings (SSSR count). The van der Waals surface area contributed by atoms with Crippen molar-refractivity contribution in [1.29, 1.82) is 0 Å². The molecule has 0 aliphatic heterocycles. The number of nitro groups is 1. The molecule has 0 unspecified atom stereocenters. The maximum atomic E-state index is 11.4. The van der Waals surface area contributed by atoms with Crippen LogP contribution < -0.4 is 5.73 Å². The summed E-state index contributed by atoms with van der Waals surface area (Å²) in [6.45, 7) is 0.578. The highest BCUT2D eigenvalue weighted by Crippen LogP contribution is 2.15. The third-order valence-corrected chi connectivity index (χ3v) is 3.22. The van der Waals surface area contributed by atoms with E-state index in [1.165, 1.54) is 24.3 Å². The highest BCUT2D eigenvalue weighted by Gasteiger charge is 2.06. The summed E-state index contributed by atoms with van der Waals surface area (Å²) in [5.41, 5.74) is 3.90. The predicted octanol–water partition coefficient (Wildman–Crippen LogP) is 0.0402. The first-order chi connectivity index (χ1) is 7.94. The third kappa shape index (κ3) is 4.47. The van der Waals surface area contributed by atoms with Crippen LogP contribution in [-0.2, 0) is 15.8 Å². The van der Waals surface area contributed by atoms with Gasteiger partial charge in [0.25, 0.3) is 5.69 Å². The lowest BCUT2D eigenvalue weighted by atomic mass is 10.2. The Labute approximate surface area is 98.8 Å². The van der Waals surface area contributed by atoms with Crippen molar-refractivity contribution >= 4 is 15.7 Å². The van der Waals surface area contributed by atoms with Gasteiger partial charge in [0, 0.05) is 12.1 Å². The quantitative estimate of drug-likeness (QED) is 0.572. The lowest BCUT2D eigenvalue weighted by Crippen LogP contribution is -2.51. The van der Waals surface area contributed by atoms with Crippen LogP contribution in [0.25, 0.3) is 4.72 Å². The number of nitrogens with zero attached hydrogens (tertiary/aromatic N) is 2. The average Bonchev–Trinajstić information content (AvgIpc) is 2.26. The van der Waals surface area contributed by atoms with Gasteiger partial charge < -0.3 is 10.5 Å². The molecule has 0 fully saturated rings. The standard InChI is InChI=1S/C9H12N3O4S/c10-5-6-11-17(15,16)7-8-1-3-9(4-2-8)12(13)14/h1-4H,5-7,10H2/q-1/p+1. The molecule has 7 nitrogen and oxygen atoms in total. The second kappa shape index (κ2) is 5.71. The van der Waals surface area contributed by atoms with Crippen molar-refractivity contribution in [1.82, 2.24) is 0 Å². The zero-order valence-electron chi connectivity index (χ0n) is 9.07. The van der Waals surface area contributed by atoms with Crippen LogP contribution in [0, 0.1) is 10.1 Å². The lowest BCUT2D eigenvalue weighted by Gasteiger charge is -2.17. The number of rotatable bonds is 6. The van der Waals surface area contributed by atoms with Crippen molar-refractivity contribution in [3.63, 3.8) is 0 Å². The second-order valence-electron chi connectivity index (χ2n) is 3.36. The molecule has 17 heavy (non-hydrogen) atoms. The summed E-state index contributed by atoms with van der Waals surface area (Å²) < 4.78 is 26.4. The molecule has 0 aliphatic carbocycles. The zero-order chi connectivity index (χ0) is 12.9. The van der Waals surface area contributed by atoms with E-state index in [1.54, 1.807) is 0 Å². The van der Waals surface area contributed by atoms with Crippen LogP contribution >= 0.6 is 0 Å². The molecule has 1 aromatic rings. The molecule has 0 heterocycles. The first-order valence-electron chi connectivity index (χ1n) is 4.88. The van der Waals surface area contributed by atoms with Crippen molar-refractivity contribution in [2.45, 2.75) is 5.75 Å². The Morgan fingerprint density at radius 3 is 2.35 bits per heavy atom. The number of nitro benzene ring substituents is 1. The van der Waals surface area contributed by atoms with Crippen LogP contribution in [0.5, 0.6) is 0 Å². The maximum Gasteiger partial charge on any atom is 0.269 e. The van der Waals surface area contributed by atoms with Crippen molar-refractivity contribution in [3.8, 4) is 0 Å². The summed E-state index contributed by atoms with van der Waals surface area (Å²) in [5, 5.41) is 10.4. The van der Waals surface area contributed by atoms with Crippen LogP contribution in [0.4, 0.5) is 5.69 Å². The van der Waals surface area contributed by atoms with Gasteiger partial charge in [-0.05, 0) is 5.56 Å². The minimum atomic E-state index is -3.51. The number of quaternary nitrogens is 1. The van der Waals surface area contributed by atoms with E-state index in [1.807, 2.05) is 0 Å². The van der Waals surface area contributed by atoms with Crippen molar-refractivity contribution < 1.29 is 19.1 Å². The van der Waals surface area contributed by atoms with Gasteiger partial charge in [-0.1, -0.05) is 18.7 Å². The number of hydrogen-bond acceptors (Lipinski definition) is 4. The Kier molecular flexibility index (Phi) is 4.55. The predicted molar refractivity (Wildman–Crippen MR) is 61.7 cm³/mol. The van der Waals surface area contributed by atoms with Gasteiger partial charge in [0.1, 0.15) is 0 Å². The first kappa shape index (κ1) is 13.6. The normalized spacial score (nSPS) is 11.4. The van der Waals surface area contributed by atoms with Crippen molar-refractivity contribution in [3.05, 3.63) is 44.7 Å². The Balaban J connectivity index is 2.72. The van der Waals surface area contributed by atoms with E-state index in [2.05, 4.69) is 10.5 Å². The molecular weight excluding hydrogens is 246 g/mol. The van der Waals surface area contributed by atoms with E-state index in [0.717, 1.165) is 0 Å². The minimum absolute atomic E-state index is 0.0687.